The molecule has 4 nitrogen and oxygen atoms in total. The minimum absolute atomic E-state index is 0.104. The summed E-state index contributed by atoms with van der Waals surface area (Å²) in [5.41, 5.74) is 0.104. The van der Waals surface area contributed by atoms with Gasteiger partial charge in [-0.3, -0.25) is 0 Å². The summed E-state index contributed by atoms with van der Waals surface area (Å²) in [5, 5.41) is 3.30. The van der Waals surface area contributed by atoms with E-state index in [-0.39, 0.29) is 10.3 Å². The van der Waals surface area contributed by atoms with Crippen LogP contribution in [0.15, 0.2) is 29.2 Å². The van der Waals surface area contributed by atoms with E-state index >= 15 is 0 Å². The van der Waals surface area contributed by atoms with Crippen LogP contribution in [0.4, 0.5) is 4.39 Å². The van der Waals surface area contributed by atoms with Crippen molar-refractivity contribution < 1.29 is 12.8 Å². The number of sulfonamides is 1. The van der Waals surface area contributed by atoms with Gasteiger partial charge in [-0.05, 0) is 49.1 Å². The van der Waals surface area contributed by atoms with Crippen molar-refractivity contribution in [1.82, 2.24) is 9.62 Å². The molecule has 1 N–H and O–H groups in total. The lowest BCUT2D eigenvalue weighted by Crippen LogP contribution is -2.33. The summed E-state index contributed by atoms with van der Waals surface area (Å²) in [4.78, 5) is 0.178. The van der Waals surface area contributed by atoms with Gasteiger partial charge in [0.2, 0.25) is 10.0 Å². The Morgan fingerprint density at radius 1 is 1.21 bits per heavy atom. The van der Waals surface area contributed by atoms with Crippen LogP contribution < -0.4 is 5.32 Å². The van der Waals surface area contributed by atoms with Gasteiger partial charge in [-0.2, -0.15) is 4.31 Å². The summed E-state index contributed by atoms with van der Waals surface area (Å²) in [5.74, 6) is -0.420. The minimum atomic E-state index is -3.48. The van der Waals surface area contributed by atoms with Gasteiger partial charge in [-0.15, -0.1) is 0 Å². The number of hydrogen-bond donors (Lipinski definition) is 1. The zero-order chi connectivity index (χ0) is 13.5. The SMILES string of the molecule is O=S(=O)(c1ccc(F)cc1)N1CCC2(CCNC2)C1. The Labute approximate surface area is 112 Å². The van der Waals surface area contributed by atoms with Crippen molar-refractivity contribution >= 4 is 10.0 Å². The normalized spacial score (nSPS) is 28.3. The molecule has 2 aliphatic rings. The van der Waals surface area contributed by atoms with E-state index in [1.807, 2.05) is 0 Å². The molecule has 1 aromatic rings. The number of halogens is 1. The Hall–Kier alpha value is -0.980. The van der Waals surface area contributed by atoms with Crippen molar-refractivity contribution in [3.63, 3.8) is 0 Å². The van der Waals surface area contributed by atoms with Crippen LogP contribution in [-0.2, 0) is 10.0 Å². The van der Waals surface area contributed by atoms with E-state index in [2.05, 4.69) is 5.32 Å². The zero-order valence-corrected chi connectivity index (χ0v) is 11.4. The largest absolute Gasteiger partial charge is 0.316 e. The molecule has 19 heavy (non-hydrogen) atoms. The van der Waals surface area contributed by atoms with Crippen LogP contribution in [-0.4, -0.2) is 38.9 Å². The highest BCUT2D eigenvalue weighted by Gasteiger charge is 2.44. The second kappa shape index (κ2) is 4.54. The molecule has 0 radical (unpaired) electrons. The lowest BCUT2D eigenvalue weighted by Gasteiger charge is -2.22. The van der Waals surface area contributed by atoms with Gasteiger partial charge in [0.25, 0.3) is 0 Å². The van der Waals surface area contributed by atoms with Gasteiger partial charge in [0.15, 0.2) is 0 Å². The van der Waals surface area contributed by atoms with Crippen molar-refractivity contribution in [3.05, 3.63) is 30.1 Å². The summed E-state index contributed by atoms with van der Waals surface area (Å²) >= 11 is 0. The molecule has 1 aromatic carbocycles. The first kappa shape index (κ1) is 13.0. The highest BCUT2D eigenvalue weighted by molar-refractivity contribution is 7.89. The van der Waals surface area contributed by atoms with Gasteiger partial charge in [-0.1, -0.05) is 0 Å². The first-order valence-corrected chi connectivity index (χ1v) is 7.92. The molecule has 3 rings (SSSR count). The molecule has 0 amide bonds. The molecule has 0 aliphatic carbocycles. The second-order valence-corrected chi connectivity index (χ2v) is 7.41. The van der Waals surface area contributed by atoms with Gasteiger partial charge in [0, 0.05) is 19.6 Å². The molecule has 2 fully saturated rings. The van der Waals surface area contributed by atoms with Gasteiger partial charge in [0.1, 0.15) is 5.82 Å². The molecular formula is C13H17FN2O2S. The summed E-state index contributed by atoms with van der Waals surface area (Å²) in [7, 11) is -3.48. The van der Waals surface area contributed by atoms with Crippen LogP contribution in [0.25, 0.3) is 0 Å². The molecule has 6 heteroatoms. The average molecular weight is 284 g/mol. The van der Waals surface area contributed by atoms with Crippen LogP contribution in [0.1, 0.15) is 12.8 Å². The molecule has 2 saturated heterocycles. The van der Waals surface area contributed by atoms with Gasteiger partial charge >= 0.3 is 0 Å². The predicted molar refractivity (Wildman–Crippen MR) is 69.7 cm³/mol. The standard InChI is InChI=1S/C13H17FN2O2S/c14-11-1-3-12(4-2-11)19(17,18)16-8-6-13(10-16)5-7-15-9-13/h1-4,15H,5-10H2. The Morgan fingerprint density at radius 2 is 1.95 bits per heavy atom. The Balaban J connectivity index is 1.84. The third-order valence-electron chi connectivity index (χ3n) is 4.19. The summed E-state index contributed by atoms with van der Waals surface area (Å²) in [6.45, 7) is 2.98. The van der Waals surface area contributed by atoms with Crippen molar-refractivity contribution in [2.45, 2.75) is 17.7 Å². The van der Waals surface area contributed by atoms with E-state index in [9.17, 15) is 12.8 Å². The van der Waals surface area contributed by atoms with Crippen molar-refractivity contribution in [3.8, 4) is 0 Å². The average Bonchev–Trinajstić information content (AvgIpc) is 3.01. The maximum absolute atomic E-state index is 12.9. The molecule has 0 saturated carbocycles. The fraction of sp³-hybridized carbons (Fsp3) is 0.538. The molecular weight excluding hydrogens is 267 g/mol. The van der Waals surface area contributed by atoms with Crippen LogP contribution in [0.3, 0.4) is 0 Å². The van der Waals surface area contributed by atoms with E-state index in [1.165, 1.54) is 28.6 Å². The molecule has 2 aliphatic heterocycles. The maximum Gasteiger partial charge on any atom is 0.243 e. The van der Waals surface area contributed by atoms with Crippen LogP contribution in [0.5, 0.6) is 0 Å². The minimum Gasteiger partial charge on any atom is -0.316 e. The van der Waals surface area contributed by atoms with Crippen LogP contribution in [0.2, 0.25) is 0 Å². The third-order valence-corrected chi connectivity index (χ3v) is 6.05. The van der Waals surface area contributed by atoms with Crippen molar-refractivity contribution in [1.29, 1.82) is 0 Å². The smallest absolute Gasteiger partial charge is 0.243 e. The highest BCUT2D eigenvalue weighted by Crippen LogP contribution is 2.38. The first-order valence-electron chi connectivity index (χ1n) is 6.48. The Bertz CT molecular complexity index is 565. The molecule has 2 heterocycles. The van der Waals surface area contributed by atoms with Gasteiger partial charge in [0.05, 0.1) is 4.90 Å². The van der Waals surface area contributed by atoms with Crippen molar-refractivity contribution in [2.75, 3.05) is 26.2 Å². The number of nitrogens with one attached hydrogen (secondary N) is 1. The summed E-state index contributed by atoms with van der Waals surface area (Å²) < 4.78 is 39.3. The van der Waals surface area contributed by atoms with E-state index in [0.29, 0.717) is 13.1 Å². The highest BCUT2D eigenvalue weighted by atomic mass is 32.2. The van der Waals surface area contributed by atoms with Crippen molar-refractivity contribution in [2.24, 2.45) is 5.41 Å². The number of benzene rings is 1. The van der Waals surface area contributed by atoms with E-state index in [0.717, 1.165) is 25.9 Å². The predicted octanol–water partition coefficient (Wildman–Crippen LogP) is 1.20. The van der Waals surface area contributed by atoms with Gasteiger partial charge in [-0.25, -0.2) is 12.8 Å². The fourth-order valence-electron chi connectivity index (χ4n) is 3.00. The zero-order valence-electron chi connectivity index (χ0n) is 10.6. The molecule has 1 atom stereocenters. The van der Waals surface area contributed by atoms with Crippen LogP contribution in [0, 0.1) is 11.2 Å². The maximum atomic E-state index is 12.9. The number of rotatable bonds is 2. The molecule has 1 spiro atoms. The number of hydrogen-bond acceptors (Lipinski definition) is 3. The first-order chi connectivity index (χ1) is 9.02. The molecule has 0 bridgehead atoms. The van der Waals surface area contributed by atoms with E-state index in [4.69, 9.17) is 0 Å². The quantitative estimate of drug-likeness (QED) is 0.888. The van der Waals surface area contributed by atoms with Crippen LogP contribution >= 0.6 is 0 Å². The van der Waals surface area contributed by atoms with Gasteiger partial charge < -0.3 is 5.32 Å². The van der Waals surface area contributed by atoms with E-state index in [1.54, 1.807) is 0 Å². The summed E-state index contributed by atoms with van der Waals surface area (Å²) in [6.07, 6.45) is 1.93. The molecule has 104 valence electrons. The number of nitrogens with zero attached hydrogens (tertiary/aromatic N) is 1. The molecule has 1 unspecified atom stereocenters. The second-order valence-electron chi connectivity index (χ2n) is 5.47. The third kappa shape index (κ3) is 2.28. The monoisotopic (exact) mass is 284 g/mol. The van der Waals surface area contributed by atoms with E-state index < -0.39 is 15.8 Å². The Kier molecular flexibility index (Phi) is 3.11. The lowest BCUT2D eigenvalue weighted by molar-refractivity contribution is 0.338. The Morgan fingerprint density at radius 3 is 2.58 bits per heavy atom. The lowest BCUT2D eigenvalue weighted by atomic mass is 9.87. The molecule has 0 aromatic heterocycles. The fourth-order valence-corrected chi connectivity index (χ4v) is 4.55. The summed E-state index contributed by atoms with van der Waals surface area (Å²) in [6, 6.07) is 5.05. The topological polar surface area (TPSA) is 49.4 Å².